The van der Waals surface area contributed by atoms with E-state index in [4.69, 9.17) is 0 Å². The van der Waals surface area contributed by atoms with Gasteiger partial charge in [-0.2, -0.15) is 0 Å². The highest BCUT2D eigenvalue weighted by Gasteiger charge is 2.16. The van der Waals surface area contributed by atoms with Crippen LogP contribution in [0.5, 0.6) is 0 Å². The first-order valence-corrected chi connectivity index (χ1v) is 17.1. The fourth-order valence-electron chi connectivity index (χ4n) is 7.40. The predicted molar refractivity (Wildman–Crippen MR) is 200 cm³/mol. The lowest BCUT2D eigenvalue weighted by Crippen LogP contribution is -1.87. The molecule has 0 aliphatic heterocycles. The Bertz CT molecular complexity index is 2830. The van der Waals surface area contributed by atoms with Crippen molar-refractivity contribution in [3.63, 3.8) is 0 Å². The van der Waals surface area contributed by atoms with Gasteiger partial charge >= 0.3 is 0 Å². The molecule has 0 aliphatic carbocycles. The van der Waals surface area contributed by atoms with Crippen LogP contribution < -0.4 is 0 Å². The zero-order valence-corrected chi connectivity index (χ0v) is 26.2. The molecule has 0 nitrogen and oxygen atoms in total. The van der Waals surface area contributed by atoms with Gasteiger partial charge in [0.2, 0.25) is 0 Å². The quantitative estimate of drug-likeness (QED) is 0.172. The van der Waals surface area contributed by atoms with Gasteiger partial charge in [-0.15, -0.1) is 22.7 Å². The first kappa shape index (κ1) is 25.3. The molecule has 0 saturated carbocycles. The summed E-state index contributed by atoms with van der Waals surface area (Å²) in [7, 11) is 0. The summed E-state index contributed by atoms with van der Waals surface area (Å²) in [4.78, 5) is 0. The number of benzene rings is 8. The Kier molecular flexibility index (Phi) is 5.34. The van der Waals surface area contributed by atoms with Gasteiger partial charge in [0.15, 0.2) is 0 Å². The minimum absolute atomic E-state index is 1.27. The van der Waals surface area contributed by atoms with Crippen molar-refractivity contribution in [1.29, 1.82) is 0 Å². The van der Waals surface area contributed by atoms with Gasteiger partial charge in [-0.05, 0) is 85.8 Å². The summed E-state index contributed by atoms with van der Waals surface area (Å²) in [5.74, 6) is 0. The third-order valence-corrected chi connectivity index (χ3v) is 12.0. The minimum Gasteiger partial charge on any atom is -0.135 e. The molecule has 0 spiro atoms. The second-order valence-corrected chi connectivity index (χ2v) is 14.2. The van der Waals surface area contributed by atoms with Crippen LogP contribution in [0.25, 0.3) is 94.9 Å². The summed E-state index contributed by atoms with van der Waals surface area (Å²) in [6.07, 6.45) is 0. The second-order valence-electron chi connectivity index (χ2n) is 12.1. The van der Waals surface area contributed by atoms with E-state index in [2.05, 4.69) is 146 Å². The summed E-state index contributed by atoms with van der Waals surface area (Å²) >= 11 is 3.80. The third-order valence-electron chi connectivity index (χ3n) is 9.52. The SMILES string of the molecule is Cc1ccc2c(c1)c1cc(-c3cccc4c3sc3ccccc34)ccc1c1ccc(-c3cccc4c3sc3ccccc34)cc12. The van der Waals surface area contributed by atoms with Crippen molar-refractivity contribution in [2.75, 3.05) is 0 Å². The molecule has 0 fully saturated rings. The highest BCUT2D eigenvalue weighted by Crippen LogP contribution is 2.45. The zero-order valence-electron chi connectivity index (χ0n) is 24.6. The molecule has 0 N–H and O–H groups in total. The van der Waals surface area contributed by atoms with Gasteiger partial charge in [0.1, 0.15) is 0 Å². The lowest BCUT2D eigenvalue weighted by molar-refractivity contribution is 1.51. The van der Waals surface area contributed by atoms with Gasteiger partial charge in [-0.25, -0.2) is 0 Å². The Balaban J connectivity index is 1.23. The van der Waals surface area contributed by atoms with Crippen LogP contribution in [0.2, 0.25) is 0 Å². The fraction of sp³-hybridized carbons (Fsp3) is 0.0233. The van der Waals surface area contributed by atoms with Crippen molar-refractivity contribution < 1.29 is 0 Å². The highest BCUT2D eigenvalue weighted by atomic mass is 32.1. The van der Waals surface area contributed by atoms with E-state index in [0.717, 1.165) is 0 Å². The lowest BCUT2D eigenvalue weighted by atomic mass is 9.89. The molecule has 0 bridgehead atoms. The van der Waals surface area contributed by atoms with Crippen LogP contribution >= 0.6 is 22.7 Å². The number of hydrogen-bond donors (Lipinski definition) is 0. The summed E-state index contributed by atoms with van der Waals surface area (Å²) in [5, 5.41) is 13.2. The maximum absolute atomic E-state index is 2.43. The zero-order chi connectivity index (χ0) is 29.6. The van der Waals surface area contributed by atoms with Crippen molar-refractivity contribution in [3.8, 4) is 22.3 Å². The van der Waals surface area contributed by atoms with Crippen LogP contribution in [-0.2, 0) is 0 Å². The van der Waals surface area contributed by atoms with Crippen molar-refractivity contribution in [1.82, 2.24) is 0 Å². The topological polar surface area (TPSA) is 0 Å². The van der Waals surface area contributed by atoms with Crippen molar-refractivity contribution >= 4 is 95.3 Å². The van der Waals surface area contributed by atoms with Crippen LogP contribution in [0.15, 0.2) is 140 Å². The average molecular weight is 607 g/mol. The van der Waals surface area contributed by atoms with Crippen molar-refractivity contribution in [2.24, 2.45) is 0 Å². The van der Waals surface area contributed by atoms with Gasteiger partial charge in [0.25, 0.3) is 0 Å². The van der Waals surface area contributed by atoms with Crippen LogP contribution in [0.4, 0.5) is 0 Å². The molecule has 210 valence electrons. The fourth-order valence-corrected chi connectivity index (χ4v) is 9.88. The first-order chi connectivity index (χ1) is 22.2. The van der Waals surface area contributed by atoms with Crippen LogP contribution in [0, 0.1) is 6.92 Å². The van der Waals surface area contributed by atoms with E-state index in [1.807, 2.05) is 22.7 Å². The standard InChI is InChI=1S/C43H26S2/c1-25-16-19-32-37(22-25)39-24-27(29-11-7-13-36-34-9-3-5-15-41(34)45-43(29)36)18-21-31(39)30-20-17-26(23-38(30)32)28-10-6-12-35-33-8-2-4-14-40(33)44-42(28)35/h2-24H,1H3. The summed E-state index contributed by atoms with van der Waals surface area (Å²) in [6.45, 7) is 2.20. The number of rotatable bonds is 2. The number of fused-ring (bicyclic) bond motifs is 12. The maximum Gasteiger partial charge on any atom is 0.0433 e. The predicted octanol–water partition coefficient (Wildman–Crippen LogP) is 13.5. The summed E-state index contributed by atoms with van der Waals surface area (Å²) < 4.78 is 5.41. The van der Waals surface area contributed by atoms with Gasteiger partial charge in [-0.3, -0.25) is 0 Å². The van der Waals surface area contributed by atoms with E-state index in [1.54, 1.807) is 0 Å². The third kappa shape index (κ3) is 3.70. The van der Waals surface area contributed by atoms with Gasteiger partial charge in [0, 0.05) is 40.3 Å². The molecular formula is C43H26S2. The molecule has 0 amide bonds. The molecule has 0 unspecified atom stereocenters. The van der Waals surface area contributed by atoms with Gasteiger partial charge in [-0.1, -0.05) is 121 Å². The largest absolute Gasteiger partial charge is 0.135 e. The normalized spacial score (nSPS) is 12.1. The van der Waals surface area contributed by atoms with Crippen LogP contribution in [0.1, 0.15) is 5.56 Å². The highest BCUT2D eigenvalue weighted by molar-refractivity contribution is 7.26. The molecule has 2 aromatic heterocycles. The molecule has 0 saturated heterocycles. The number of thiophene rings is 2. The molecule has 0 atom stereocenters. The number of aryl methyl sites for hydroxylation is 1. The lowest BCUT2D eigenvalue weighted by Gasteiger charge is -2.14. The molecule has 10 aromatic rings. The molecule has 45 heavy (non-hydrogen) atoms. The monoisotopic (exact) mass is 606 g/mol. The summed E-state index contributed by atoms with van der Waals surface area (Å²) in [6, 6.07) is 52.2. The first-order valence-electron chi connectivity index (χ1n) is 15.4. The number of hydrogen-bond acceptors (Lipinski definition) is 2. The maximum atomic E-state index is 2.43. The van der Waals surface area contributed by atoms with Gasteiger partial charge in [0.05, 0.1) is 0 Å². The van der Waals surface area contributed by atoms with E-state index in [1.165, 1.54) is 100 Å². The molecule has 0 aliphatic rings. The van der Waals surface area contributed by atoms with Crippen molar-refractivity contribution in [3.05, 3.63) is 145 Å². The van der Waals surface area contributed by atoms with Crippen LogP contribution in [0.3, 0.4) is 0 Å². The van der Waals surface area contributed by atoms with E-state index in [9.17, 15) is 0 Å². The van der Waals surface area contributed by atoms with E-state index in [0.29, 0.717) is 0 Å². The Morgan fingerprint density at radius 1 is 0.333 bits per heavy atom. The summed E-state index contributed by atoms with van der Waals surface area (Å²) in [5.41, 5.74) is 6.45. The van der Waals surface area contributed by atoms with E-state index < -0.39 is 0 Å². The van der Waals surface area contributed by atoms with E-state index >= 15 is 0 Å². The Morgan fingerprint density at radius 2 is 0.778 bits per heavy atom. The molecule has 10 rings (SSSR count). The van der Waals surface area contributed by atoms with E-state index in [-0.39, 0.29) is 0 Å². The Morgan fingerprint density at radius 3 is 1.36 bits per heavy atom. The average Bonchev–Trinajstić information content (AvgIpc) is 3.66. The second kappa shape index (κ2) is 9.49. The Hall–Kier alpha value is -5.02. The molecule has 2 heterocycles. The molecule has 0 radical (unpaired) electrons. The smallest absolute Gasteiger partial charge is 0.0433 e. The minimum atomic E-state index is 1.27. The molecule has 8 aromatic carbocycles. The van der Waals surface area contributed by atoms with Crippen molar-refractivity contribution in [2.45, 2.75) is 6.92 Å². The molecule has 2 heteroatoms. The molecular weight excluding hydrogens is 581 g/mol. The van der Waals surface area contributed by atoms with Crippen LogP contribution in [-0.4, -0.2) is 0 Å². The Labute approximate surface area is 268 Å². The van der Waals surface area contributed by atoms with Gasteiger partial charge < -0.3 is 0 Å².